The van der Waals surface area contributed by atoms with Crippen molar-refractivity contribution in [3.63, 3.8) is 0 Å². The predicted octanol–water partition coefficient (Wildman–Crippen LogP) is 1.15. The number of hydrogen-bond acceptors (Lipinski definition) is 2. The molecular weight excluding hydrogens is 202 g/mol. The molecule has 2 atom stereocenters. The minimum absolute atomic E-state index is 0.114. The fraction of sp³-hybridized carbons (Fsp3) is 0.583. The lowest BCUT2D eigenvalue weighted by Gasteiger charge is -2.25. The molecule has 0 saturated heterocycles. The Bertz CT molecular complexity index is 334. The fourth-order valence-electron chi connectivity index (χ4n) is 2.27. The molecule has 0 aliphatic heterocycles. The zero-order chi connectivity index (χ0) is 11.4. The lowest BCUT2D eigenvalue weighted by Crippen LogP contribution is -2.37. The third kappa shape index (κ3) is 2.85. The second-order valence-electron chi connectivity index (χ2n) is 4.56. The zero-order valence-electron chi connectivity index (χ0n) is 9.41. The number of nitrogens with two attached hydrogens (primary N) is 1. The van der Waals surface area contributed by atoms with E-state index in [2.05, 4.69) is 10.3 Å². The largest absolute Gasteiger partial charge is 0.367 e. The minimum atomic E-state index is 0.114. The standard InChI is InChI=1S/C12H19N3O/c13-11-3-1-2-10(6-11)12(16)15-8-9-4-5-14-7-9/h4-5,7,10-11,14H,1-3,6,8,13H2,(H,15,16). The quantitative estimate of drug-likeness (QED) is 0.716. The van der Waals surface area contributed by atoms with Gasteiger partial charge in [-0.05, 0) is 30.9 Å². The van der Waals surface area contributed by atoms with Gasteiger partial charge in [0.2, 0.25) is 5.91 Å². The van der Waals surface area contributed by atoms with Crippen molar-refractivity contribution in [3.8, 4) is 0 Å². The predicted molar refractivity (Wildman–Crippen MR) is 62.6 cm³/mol. The van der Waals surface area contributed by atoms with Gasteiger partial charge in [0.1, 0.15) is 0 Å². The molecule has 4 nitrogen and oxygen atoms in total. The van der Waals surface area contributed by atoms with Crippen LogP contribution >= 0.6 is 0 Å². The SMILES string of the molecule is NC1CCCC(C(=O)NCc2cc[nH]c2)C1. The first-order valence-corrected chi connectivity index (χ1v) is 5.90. The average Bonchev–Trinajstić information content (AvgIpc) is 2.78. The van der Waals surface area contributed by atoms with Crippen LogP contribution in [0.25, 0.3) is 0 Å². The Morgan fingerprint density at radius 3 is 3.12 bits per heavy atom. The Labute approximate surface area is 95.6 Å². The molecule has 16 heavy (non-hydrogen) atoms. The molecule has 1 amide bonds. The maximum absolute atomic E-state index is 11.9. The number of nitrogens with one attached hydrogen (secondary N) is 2. The van der Waals surface area contributed by atoms with Gasteiger partial charge in [-0.1, -0.05) is 6.42 Å². The minimum Gasteiger partial charge on any atom is -0.367 e. The Kier molecular flexibility index (Phi) is 3.62. The maximum Gasteiger partial charge on any atom is 0.223 e. The summed E-state index contributed by atoms with van der Waals surface area (Å²) in [4.78, 5) is 14.8. The van der Waals surface area contributed by atoms with E-state index in [4.69, 9.17) is 5.73 Å². The Balaban J connectivity index is 1.79. The van der Waals surface area contributed by atoms with Gasteiger partial charge in [-0.25, -0.2) is 0 Å². The molecule has 1 saturated carbocycles. The first-order chi connectivity index (χ1) is 7.75. The van der Waals surface area contributed by atoms with Crippen molar-refractivity contribution in [1.82, 2.24) is 10.3 Å². The monoisotopic (exact) mass is 221 g/mol. The number of rotatable bonds is 3. The Morgan fingerprint density at radius 2 is 2.44 bits per heavy atom. The second kappa shape index (κ2) is 5.16. The lowest BCUT2D eigenvalue weighted by molar-refractivity contribution is -0.126. The first-order valence-electron chi connectivity index (χ1n) is 5.90. The van der Waals surface area contributed by atoms with E-state index < -0.39 is 0 Å². The molecule has 1 heterocycles. The van der Waals surface area contributed by atoms with Gasteiger partial charge in [-0.15, -0.1) is 0 Å². The van der Waals surface area contributed by atoms with Crippen molar-refractivity contribution in [2.45, 2.75) is 38.3 Å². The zero-order valence-corrected chi connectivity index (χ0v) is 9.41. The van der Waals surface area contributed by atoms with Crippen molar-refractivity contribution >= 4 is 5.91 Å². The van der Waals surface area contributed by atoms with Crippen molar-refractivity contribution in [2.24, 2.45) is 11.7 Å². The second-order valence-corrected chi connectivity index (χ2v) is 4.56. The highest BCUT2D eigenvalue weighted by Crippen LogP contribution is 2.23. The van der Waals surface area contributed by atoms with Crippen molar-refractivity contribution in [1.29, 1.82) is 0 Å². The molecule has 1 aromatic heterocycles. The van der Waals surface area contributed by atoms with Crippen molar-refractivity contribution in [3.05, 3.63) is 24.0 Å². The number of carbonyl (C=O) groups is 1. The molecule has 4 heteroatoms. The van der Waals surface area contributed by atoms with E-state index in [0.717, 1.165) is 31.2 Å². The summed E-state index contributed by atoms with van der Waals surface area (Å²) in [5, 5.41) is 2.96. The Hall–Kier alpha value is -1.29. The van der Waals surface area contributed by atoms with Crippen LogP contribution in [-0.2, 0) is 11.3 Å². The highest BCUT2D eigenvalue weighted by atomic mass is 16.1. The number of carbonyl (C=O) groups excluding carboxylic acids is 1. The fourth-order valence-corrected chi connectivity index (χ4v) is 2.27. The van der Waals surface area contributed by atoms with Crippen LogP contribution in [0.5, 0.6) is 0 Å². The van der Waals surface area contributed by atoms with Crippen LogP contribution in [0.15, 0.2) is 18.5 Å². The van der Waals surface area contributed by atoms with Gasteiger partial charge < -0.3 is 16.0 Å². The van der Waals surface area contributed by atoms with E-state index in [1.807, 2.05) is 18.5 Å². The summed E-state index contributed by atoms with van der Waals surface area (Å²) in [6.45, 7) is 0.605. The summed E-state index contributed by atoms with van der Waals surface area (Å²) in [5.41, 5.74) is 6.97. The topological polar surface area (TPSA) is 70.9 Å². The molecule has 1 aliphatic rings. The van der Waals surface area contributed by atoms with Crippen LogP contribution < -0.4 is 11.1 Å². The molecule has 1 aliphatic carbocycles. The summed E-state index contributed by atoms with van der Waals surface area (Å²) in [5.74, 6) is 0.263. The first kappa shape index (κ1) is 11.2. The molecular formula is C12H19N3O. The normalized spacial score (nSPS) is 25.3. The van der Waals surface area contributed by atoms with Crippen LogP contribution in [0.2, 0.25) is 0 Å². The third-order valence-corrected chi connectivity index (χ3v) is 3.21. The van der Waals surface area contributed by atoms with Gasteiger partial charge >= 0.3 is 0 Å². The highest BCUT2D eigenvalue weighted by molar-refractivity contribution is 5.78. The van der Waals surface area contributed by atoms with Crippen LogP contribution in [0.1, 0.15) is 31.2 Å². The number of H-pyrrole nitrogens is 1. The van der Waals surface area contributed by atoms with E-state index in [9.17, 15) is 4.79 Å². The number of aromatic nitrogens is 1. The average molecular weight is 221 g/mol. The molecule has 1 aromatic rings. The molecule has 0 spiro atoms. The number of aromatic amines is 1. The maximum atomic E-state index is 11.9. The molecule has 4 N–H and O–H groups in total. The van der Waals surface area contributed by atoms with Crippen LogP contribution in [0.4, 0.5) is 0 Å². The molecule has 0 bridgehead atoms. The summed E-state index contributed by atoms with van der Waals surface area (Å²) < 4.78 is 0. The summed E-state index contributed by atoms with van der Waals surface area (Å²) in [6.07, 6.45) is 7.70. The van der Waals surface area contributed by atoms with Crippen molar-refractivity contribution < 1.29 is 4.79 Å². The summed E-state index contributed by atoms with van der Waals surface area (Å²) in [6, 6.07) is 2.17. The number of amides is 1. The smallest absolute Gasteiger partial charge is 0.223 e. The Morgan fingerprint density at radius 1 is 1.56 bits per heavy atom. The molecule has 88 valence electrons. The van der Waals surface area contributed by atoms with E-state index in [1.54, 1.807) is 0 Å². The van der Waals surface area contributed by atoms with E-state index in [-0.39, 0.29) is 17.9 Å². The van der Waals surface area contributed by atoms with Gasteiger partial charge in [0.05, 0.1) is 0 Å². The van der Waals surface area contributed by atoms with Gasteiger partial charge in [0, 0.05) is 30.9 Å². The van der Waals surface area contributed by atoms with Crippen LogP contribution in [0.3, 0.4) is 0 Å². The summed E-state index contributed by atoms with van der Waals surface area (Å²) in [7, 11) is 0. The molecule has 0 aromatic carbocycles. The highest BCUT2D eigenvalue weighted by Gasteiger charge is 2.24. The number of hydrogen-bond donors (Lipinski definition) is 3. The molecule has 2 unspecified atom stereocenters. The van der Waals surface area contributed by atoms with E-state index >= 15 is 0 Å². The van der Waals surface area contributed by atoms with Gasteiger partial charge in [0.25, 0.3) is 0 Å². The van der Waals surface area contributed by atoms with Crippen LogP contribution in [0, 0.1) is 5.92 Å². The molecule has 1 fully saturated rings. The van der Waals surface area contributed by atoms with Crippen LogP contribution in [-0.4, -0.2) is 16.9 Å². The van der Waals surface area contributed by atoms with E-state index in [1.165, 1.54) is 0 Å². The molecule has 2 rings (SSSR count). The van der Waals surface area contributed by atoms with Gasteiger partial charge in [-0.3, -0.25) is 4.79 Å². The molecule has 0 radical (unpaired) electrons. The van der Waals surface area contributed by atoms with Gasteiger partial charge in [-0.2, -0.15) is 0 Å². The third-order valence-electron chi connectivity index (χ3n) is 3.21. The van der Waals surface area contributed by atoms with E-state index in [0.29, 0.717) is 6.54 Å². The summed E-state index contributed by atoms with van der Waals surface area (Å²) >= 11 is 0. The lowest BCUT2D eigenvalue weighted by atomic mass is 9.85. The van der Waals surface area contributed by atoms with Crippen molar-refractivity contribution in [2.75, 3.05) is 0 Å². The van der Waals surface area contributed by atoms with Gasteiger partial charge in [0.15, 0.2) is 0 Å².